The first-order chi connectivity index (χ1) is 21.6. The van der Waals surface area contributed by atoms with Crippen molar-refractivity contribution in [3.63, 3.8) is 0 Å². The minimum atomic E-state index is -0.831. The van der Waals surface area contributed by atoms with E-state index in [9.17, 15) is 0 Å². The molecule has 4 heteroatoms. The van der Waals surface area contributed by atoms with Crippen molar-refractivity contribution < 1.29 is 4.52 Å². The molecule has 0 saturated carbocycles. The minimum Gasteiger partial charge on any atom is -0.353 e. The average molecular weight is 625 g/mol. The quantitative estimate of drug-likeness (QED) is 0.177. The predicted octanol–water partition coefficient (Wildman–Crippen LogP) is 10.3. The molecule has 1 fully saturated rings. The number of hydrogen-bond donors (Lipinski definition) is 0. The standard InChI is InChI=1S/C40H35OP3/c1-26-24-33-37(29-14-4-2-5-15-29)36(43(26)40(33,42)30-16-6-3-7-17-30)25-41-44-34-22-20-27-12-8-10-18-31(27)38(34)39-32-19-11-9-13-28(32)21-23-35(39)44/h2-24,33-34,36-38H,25,42H2,1H3/t33?,34-,36?,37-,38?,40?,43?,44?/m1/s1. The summed E-state index contributed by atoms with van der Waals surface area (Å²) in [4.78, 5) is 0.0402. The number of hydrogen-bond acceptors (Lipinski definition) is 1. The third-order valence-electron chi connectivity index (χ3n) is 10.6. The van der Waals surface area contributed by atoms with E-state index < -0.39 is 16.1 Å². The van der Waals surface area contributed by atoms with Crippen molar-refractivity contribution in [3.05, 3.63) is 167 Å². The van der Waals surface area contributed by atoms with Crippen molar-refractivity contribution in [1.82, 2.24) is 0 Å². The monoisotopic (exact) mass is 624 g/mol. The minimum absolute atomic E-state index is 0.0402. The zero-order valence-electron chi connectivity index (χ0n) is 24.8. The summed E-state index contributed by atoms with van der Waals surface area (Å²) in [7, 11) is 2.11. The van der Waals surface area contributed by atoms with Gasteiger partial charge >= 0.3 is 0 Å². The Kier molecular flexibility index (Phi) is 6.59. The van der Waals surface area contributed by atoms with Crippen LogP contribution in [0.5, 0.6) is 0 Å². The smallest absolute Gasteiger partial charge is 0.0687 e. The molecule has 0 N–H and O–H groups in total. The van der Waals surface area contributed by atoms with Crippen molar-refractivity contribution >= 4 is 47.5 Å². The molecule has 5 aromatic rings. The zero-order chi connectivity index (χ0) is 29.4. The molecular weight excluding hydrogens is 589 g/mol. The van der Waals surface area contributed by atoms with Crippen LogP contribution < -0.4 is 5.30 Å². The van der Waals surface area contributed by atoms with Crippen molar-refractivity contribution in [3.8, 4) is 0 Å². The van der Waals surface area contributed by atoms with E-state index in [2.05, 4.69) is 156 Å². The normalized spacial score (nSPS) is 31.0. The van der Waals surface area contributed by atoms with E-state index in [-0.39, 0.29) is 4.90 Å². The Morgan fingerprint density at radius 2 is 1.52 bits per heavy atom. The van der Waals surface area contributed by atoms with Crippen LogP contribution >= 0.6 is 25.3 Å². The van der Waals surface area contributed by atoms with Gasteiger partial charge in [0.1, 0.15) is 0 Å². The highest BCUT2D eigenvalue weighted by molar-refractivity contribution is 7.71. The third-order valence-corrected chi connectivity index (χ3v) is 17.8. The fourth-order valence-electron chi connectivity index (χ4n) is 8.81. The second kappa shape index (κ2) is 10.6. The summed E-state index contributed by atoms with van der Waals surface area (Å²) in [5.74, 6) is 1.22. The van der Waals surface area contributed by atoms with Gasteiger partial charge in [0.15, 0.2) is 0 Å². The van der Waals surface area contributed by atoms with E-state index in [1.165, 1.54) is 43.9 Å². The molecule has 1 saturated heterocycles. The molecule has 0 amide bonds. The van der Waals surface area contributed by atoms with Crippen LogP contribution in [0.25, 0.3) is 16.8 Å². The van der Waals surface area contributed by atoms with E-state index in [0.717, 1.165) is 6.61 Å². The van der Waals surface area contributed by atoms with Gasteiger partial charge < -0.3 is 4.52 Å². The fraction of sp³-hybridized carbons (Fsp3) is 0.200. The third kappa shape index (κ3) is 3.93. The van der Waals surface area contributed by atoms with Crippen LogP contribution in [-0.4, -0.2) is 17.9 Å². The molecule has 0 aromatic heterocycles. The van der Waals surface area contributed by atoms with Crippen LogP contribution in [0.15, 0.2) is 139 Å². The molecule has 0 radical (unpaired) electrons. The molecule has 5 aromatic carbocycles. The van der Waals surface area contributed by atoms with Gasteiger partial charge in [0.05, 0.1) is 14.8 Å². The first-order valence-corrected chi connectivity index (χ1v) is 19.0. The van der Waals surface area contributed by atoms with Gasteiger partial charge in [-0.1, -0.05) is 153 Å². The molecule has 4 aliphatic rings. The fourth-order valence-corrected chi connectivity index (χ4v) is 17.0. The maximum Gasteiger partial charge on any atom is 0.0687 e. The molecule has 3 aliphatic heterocycles. The van der Waals surface area contributed by atoms with Crippen LogP contribution in [0.1, 0.15) is 46.6 Å². The van der Waals surface area contributed by atoms with E-state index in [0.29, 0.717) is 29.1 Å². The molecule has 3 heterocycles. The first-order valence-electron chi connectivity index (χ1n) is 15.7. The van der Waals surface area contributed by atoms with Crippen LogP contribution in [0, 0.1) is 5.92 Å². The Balaban J connectivity index is 1.14. The Morgan fingerprint density at radius 1 is 0.795 bits per heavy atom. The lowest BCUT2D eigenvalue weighted by Gasteiger charge is -2.34. The highest BCUT2D eigenvalue weighted by atomic mass is 31.2. The number of fused-ring (bicyclic) bond motifs is 9. The van der Waals surface area contributed by atoms with E-state index in [1.54, 1.807) is 5.31 Å². The molecule has 44 heavy (non-hydrogen) atoms. The summed E-state index contributed by atoms with van der Waals surface area (Å²) in [6.07, 6.45) is 7.44. The predicted molar refractivity (Wildman–Crippen MR) is 193 cm³/mol. The number of allylic oxidation sites excluding steroid dienone is 3. The molecule has 7 unspecified atom stereocenters. The van der Waals surface area contributed by atoms with E-state index in [1.807, 2.05) is 0 Å². The molecule has 9 atom stereocenters. The summed E-state index contributed by atoms with van der Waals surface area (Å²) in [6.45, 7) is 3.19. The van der Waals surface area contributed by atoms with Crippen molar-refractivity contribution in [2.75, 3.05) is 6.61 Å². The van der Waals surface area contributed by atoms with Crippen molar-refractivity contribution in [2.24, 2.45) is 5.92 Å². The Labute approximate surface area is 265 Å². The zero-order valence-corrected chi connectivity index (χ0v) is 27.7. The van der Waals surface area contributed by atoms with E-state index >= 15 is 0 Å². The van der Waals surface area contributed by atoms with Gasteiger partial charge in [0.25, 0.3) is 0 Å². The SMILES string of the molecule is CC1=CC2[C@@H](c3ccccc3)C(COP3c4ccc5ccccc5c4C4c5ccccc5C=C[C@H]43)P1C2(P)c1ccccc1. The maximum atomic E-state index is 7.42. The Morgan fingerprint density at radius 3 is 2.36 bits per heavy atom. The molecule has 0 spiro atoms. The van der Waals surface area contributed by atoms with Gasteiger partial charge in [-0.3, -0.25) is 0 Å². The van der Waals surface area contributed by atoms with Crippen molar-refractivity contribution in [2.45, 2.75) is 35.0 Å². The highest BCUT2D eigenvalue weighted by Crippen LogP contribution is 2.84. The van der Waals surface area contributed by atoms with Crippen LogP contribution in [-0.2, 0) is 9.42 Å². The van der Waals surface area contributed by atoms with Crippen molar-refractivity contribution in [1.29, 1.82) is 0 Å². The largest absolute Gasteiger partial charge is 0.353 e. The lowest BCUT2D eigenvalue weighted by molar-refractivity contribution is 0.324. The number of benzene rings is 5. The summed E-state index contributed by atoms with van der Waals surface area (Å²) in [5, 5.41) is 5.73. The van der Waals surface area contributed by atoms with Gasteiger partial charge in [-0.25, -0.2) is 0 Å². The van der Waals surface area contributed by atoms with Crippen LogP contribution in [0.4, 0.5) is 0 Å². The first kappa shape index (κ1) is 27.4. The second-order valence-electron chi connectivity index (χ2n) is 12.7. The second-order valence-corrected chi connectivity index (χ2v) is 18.9. The molecule has 216 valence electrons. The molecular formula is C40H35OP3. The molecule has 9 rings (SSSR count). The van der Waals surface area contributed by atoms with Crippen LogP contribution in [0.3, 0.4) is 0 Å². The topological polar surface area (TPSA) is 9.23 Å². The van der Waals surface area contributed by atoms with Gasteiger partial charge in [-0.15, -0.1) is 9.24 Å². The van der Waals surface area contributed by atoms with Gasteiger partial charge in [-0.05, 0) is 45.5 Å². The van der Waals surface area contributed by atoms with Crippen LogP contribution in [0.2, 0.25) is 0 Å². The lowest BCUT2D eigenvalue weighted by atomic mass is 9.79. The van der Waals surface area contributed by atoms with Gasteiger partial charge in [0, 0.05) is 39.3 Å². The maximum absolute atomic E-state index is 7.42. The Hall–Kier alpha value is -2.91. The highest BCUT2D eigenvalue weighted by Gasteiger charge is 2.62. The summed E-state index contributed by atoms with van der Waals surface area (Å²) < 4.78 is 7.42. The molecule has 2 bridgehead atoms. The summed E-state index contributed by atoms with van der Waals surface area (Å²) in [6, 6.07) is 45.2. The summed E-state index contributed by atoms with van der Waals surface area (Å²) >= 11 is 0. The molecule has 1 nitrogen and oxygen atoms in total. The summed E-state index contributed by atoms with van der Waals surface area (Å²) in [5.41, 5.74) is 8.02. The molecule has 1 aliphatic carbocycles. The van der Waals surface area contributed by atoms with Gasteiger partial charge in [0.2, 0.25) is 0 Å². The van der Waals surface area contributed by atoms with Gasteiger partial charge in [-0.2, -0.15) is 0 Å². The lowest BCUT2D eigenvalue weighted by Crippen LogP contribution is -2.25. The average Bonchev–Trinajstić information content (AvgIpc) is 3.64. The Bertz CT molecular complexity index is 1950. The number of rotatable bonds is 5. The van der Waals surface area contributed by atoms with E-state index in [4.69, 9.17) is 4.52 Å².